The molecule has 0 aliphatic heterocycles. The van der Waals surface area contributed by atoms with Gasteiger partial charge in [0.1, 0.15) is 16.6 Å². The van der Waals surface area contributed by atoms with Crippen molar-refractivity contribution in [2.75, 3.05) is 7.11 Å². The van der Waals surface area contributed by atoms with Crippen LogP contribution in [0.5, 0.6) is 5.75 Å². The van der Waals surface area contributed by atoms with Crippen LogP contribution in [-0.2, 0) is 6.54 Å². The van der Waals surface area contributed by atoms with Crippen LogP contribution in [0.25, 0.3) is 0 Å². The van der Waals surface area contributed by atoms with Crippen molar-refractivity contribution in [1.29, 1.82) is 0 Å². The highest BCUT2D eigenvalue weighted by Crippen LogP contribution is 2.18. The van der Waals surface area contributed by atoms with Gasteiger partial charge in [0.15, 0.2) is 0 Å². The normalized spacial score (nSPS) is 10.3. The molecular weight excluding hydrogens is 251 g/mol. The Morgan fingerprint density at radius 3 is 2.83 bits per heavy atom. The third-order valence-electron chi connectivity index (χ3n) is 2.68. The Bertz CT molecular complexity index is 580. The molecule has 2 rings (SSSR count). The second-order valence-corrected chi connectivity index (χ2v) is 4.28. The fourth-order valence-electron chi connectivity index (χ4n) is 1.74. The van der Waals surface area contributed by atoms with Gasteiger partial charge >= 0.3 is 0 Å². The smallest absolute Gasteiger partial charge is 0.131 e. The minimum Gasteiger partial charge on any atom is -0.497 e. The topological polar surface area (TPSA) is 40.2 Å². The van der Waals surface area contributed by atoms with Gasteiger partial charge in [-0.3, -0.25) is 0 Å². The standard InChI is InChI=1S/C13H13FN2OS/c1-17-10-5-4-9(11(14)7-10)8-16-6-2-3-12(16)13(15)18/h2-7H,8H2,1H3,(H2,15,18). The molecule has 18 heavy (non-hydrogen) atoms. The SMILES string of the molecule is COc1ccc(Cn2cccc2C(N)=S)c(F)c1. The molecule has 0 aliphatic rings. The van der Waals surface area contributed by atoms with Gasteiger partial charge in [-0.2, -0.15) is 0 Å². The van der Waals surface area contributed by atoms with E-state index in [-0.39, 0.29) is 5.82 Å². The lowest BCUT2D eigenvalue weighted by atomic mass is 10.2. The van der Waals surface area contributed by atoms with Crippen molar-refractivity contribution in [3.05, 3.63) is 53.6 Å². The minimum atomic E-state index is -0.308. The van der Waals surface area contributed by atoms with Crippen LogP contribution < -0.4 is 10.5 Å². The highest BCUT2D eigenvalue weighted by molar-refractivity contribution is 7.80. The average Bonchev–Trinajstić information content (AvgIpc) is 2.80. The third-order valence-corrected chi connectivity index (χ3v) is 2.89. The Kier molecular flexibility index (Phi) is 3.62. The van der Waals surface area contributed by atoms with E-state index in [1.165, 1.54) is 13.2 Å². The monoisotopic (exact) mass is 264 g/mol. The molecule has 0 saturated carbocycles. The van der Waals surface area contributed by atoms with Gasteiger partial charge < -0.3 is 15.0 Å². The number of nitrogens with zero attached hydrogens (tertiary/aromatic N) is 1. The number of hydrogen-bond acceptors (Lipinski definition) is 2. The Labute approximate surface area is 110 Å². The molecule has 0 amide bonds. The highest BCUT2D eigenvalue weighted by atomic mass is 32.1. The molecule has 0 unspecified atom stereocenters. The number of hydrogen-bond donors (Lipinski definition) is 1. The Morgan fingerprint density at radius 2 is 2.22 bits per heavy atom. The van der Waals surface area contributed by atoms with Crippen molar-refractivity contribution < 1.29 is 9.13 Å². The first-order valence-corrected chi connectivity index (χ1v) is 5.80. The van der Waals surface area contributed by atoms with Crippen molar-refractivity contribution in [2.45, 2.75) is 6.54 Å². The van der Waals surface area contributed by atoms with E-state index in [2.05, 4.69) is 0 Å². The number of ether oxygens (including phenoxy) is 1. The maximum Gasteiger partial charge on any atom is 0.131 e. The van der Waals surface area contributed by atoms with Crippen LogP contribution >= 0.6 is 12.2 Å². The summed E-state index contributed by atoms with van der Waals surface area (Å²) in [6, 6.07) is 8.42. The van der Waals surface area contributed by atoms with Gasteiger partial charge in [0.2, 0.25) is 0 Å². The first-order chi connectivity index (χ1) is 8.61. The molecule has 0 bridgehead atoms. The average molecular weight is 264 g/mol. The van der Waals surface area contributed by atoms with Crippen LogP contribution in [-0.4, -0.2) is 16.7 Å². The van der Waals surface area contributed by atoms with Gasteiger partial charge in [0.25, 0.3) is 0 Å². The van der Waals surface area contributed by atoms with Gasteiger partial charge in [-0.1, -0.05) is 18.3 Å². The second-order valence-electron chi connectivity index (χ2n) is 3.84. The molecule has 0 atom stereocenters. The lowest BCUT2D eigenvalue weighted by Crippen LogP contribution is -2.16. The first kappa shape index (κ1) is 12.6. The Morgan fingerprint density at radius 1 is 1.44 bits per heavy atom. The van der Waals surface area contributed by atoms with E-state index >= 15 is 0 Å². The van der Waals surface area contributed by atoms with Crippen LogP contribution in [0.15, 0.2) is 36.5 Å². The van der Waals surface area contributed by atoms with Crippen molar-refractivity contribution >= 4 is 17.2 Å². The lowest BCUT2D eigenvalue weighted by Gasteiger charge is -2.10. The molecule has 0 aliphatic carbocycles. The van der Waals surface area contributed by atoms with E-state index in [4.69, 9.17) is 22.7 Å². The molecule has 1 heterocycles. The van der Waals surface area contributed by atoms with Gasteiger partial charge in [-0.25, -0.2) is 4.39 Å². The van der Waals surface area contributed by atoms with E-state index in [1.54, 1.807) is 12.1 Å². The molecule has 1 aromatic carbocycles. The summed E-state index contributed by atoms with van der Waals surface area (Å²) >= 11 is 4.94. The van der Waals surface area contributed by atoms with Gasteiger partial charge in [0.05, 0.1) is 19.3 Å². The largest absolute Gasteiger partial charge is 0.497 e. The number of nitrogens with two attached hydrogens (primary N) is 1. The van der Waals surface area contributed by atoms with Crippen LogP contribution in [0.3, 0.4) is 0 Å². The highest BCUT2D eigenvalue weighted by Gasteiger charge is 2.08. The lowest BCUT2D eigenvalue weighted by molar-refractivity contribution is 0.410. The fraction of sp³-hybridized carbons (Fsp3) is 0.154. The van der Waals surface area contributed by atoms with E-state index < -0.39 is 0 Å². The second kappa shape index (κ2) is 5.18. The minimum absolute atomic E-state index is 0.300. The van der Waals surface area contributed by atoms with Crippen molar-refractivity contribution in [1.82, 2.24) is 4.57 Å². The molecule has 2 aromatic rings. The predicted molar refractivity (Wildman–Crippen MR) is 72.4 cm³/mol. The summed E-state index contributed by atoms with van der Waals surface area (Å²) < 4.78 is 20.6. The molecular formula is C13H13FN2OS. The third kappa shape index (κ3) is 2.51. The van der Waals surface area contributed by atoms with Gasteiger partial charge in [-0.05, 0) is 18.2 Å². The summed E-state index contributed by atoms with van der Waals surface area (Å²) in [6.07, 6.45) is 1.82. The quantitative estimate of drug-likeness (QED) is 0.862. The Balaban J connectivity index is 2.28. The number of thiocarbonyl (C=S) groups is 1. The number of rotatable bonds is 4. The molecule has 0 fully saturated rings. The zero-order chi connectivity index (χ0) is 13.1. The van der Waals surface area contributed by atoms with Gasteiger partial charge in [0, 0.05) is 17.8 Å². The molecule has 5 heteroatoms. The summed E-state index contributed by atoms with van der Waals surface area (Å²) in [5, 5.41) is 0. The fourth-order valence-corrected chi connectivity index (χ4v) is 1.93. The summed E-state index contributed by atoms with van der Waals surface area (Å²) in [5.41, 5.74) is 6.88. The summed E-state index contributed by atoms with van der Waals surface area (Å²) in [4.78, 5) is 0.300. The maximum atomic E-state index is 13.8. The predicted octanol–water partition coefficient (Wildman–Crippen LogP) is 2.32. The summed E-state index contributed by atoms with van der Waals surface area (Å²) in [6.45, 7) is 0.384. The van der Waals surface area contributed by atoms with Crippen LogP contribution in [0.1, 0.15) is 11.3 Å². The molecule has 94 valence electrons. The molecule has 0 saturated heterocycles. The maximum absolute atomic E-state index is 13.8. The van der Waals surface area contributed by atoms with Crippen molar-refractivity contribution in [3.63, 3.8) is 0 Å². The van der Waals surface area contributed by atoms with E-state index in [0.717, 1.165) is 5.69 Å². The molecule has 0 spiro atoms. The summed E-state index contributed by atoms with van der Waals surface area (Å²) in [5.74, 6) is 0.190. The Hall–Kier alpha value is -1.88. The molecule has 2 N–H and O–H groups in total. The number of aromatic nitrogens is 1. The van der Waals surface area contributed by atoms with E-state index in [9.17, 15) is 4.39 Å². The number of halogens is 1. The van der Waals surface area contributed by atoms with Crippen molar-refractivity contribution in [2.24, 2.45) is 5.73 Å². The first-order valence-electron chi connectivity index (χ1n) is 5.39. The summed E-state index contributed by atoms with van der Waals surface area (Å²) in [7, 11) is 1.51. The van der Waals surface area contributed by atoms with Crippen LogP contribution in [0.4, 0.5) is 4.39 Å². The molecule has 3 nitrogen and oxygen atoms in total. The van der Waals surface area contributed by atoms with Crippen molar-refractivity contribution in [3.8, 4) is 5.75 Å². The zero-order valence-corrected chi connectivity index (χ0v) is 10.7. The number of benzene rings is 1. The van der Waals surface area contributed by atoms with Crippen LogP contribution in [0, 0.1) is 5.82 Å². The molecule has 0 radical (unpaired) electrons. The van der Waals surface area contributed by atoms with E-state index in [1.807, 2.05) is 22.9 Å². The van der Waals surface area contributed by atoms with E-state index in [0.29, 0.717) is 22.8 Å². The van der Waals surface area contributed by atoms with Gasteiger partial charge in [-0.15, -0.1) is 0 Å². The molecule has 1 aromatic heterocycles. The number of methoxy groups -OCH3 is 1. The zero-order valence-electron chi connectivity index (χ0n) is 9.89. The van der Waals surface area contributed by atoms with Crippen LogP contribution in [0.2, 0.25) is 0 Å².